The van der Waals surface area contributed by atoms with Gasteiger partial charge in [-0.2, -0.15) is 0 Å². The normalized spacial score (nSPS) is 18.8. The predicted molar refractivity (Wildman–Crippen MR) is 93.5 cm³/mol. The van der Waals surface area contributed by atoms with E-state index in [0.29, 0.717) is 31.4 Å². The van der Waals surface area contributed by atoms with E-state index < -0.39 is 5.79 Å². The third-order valence-electron chi connectivity index (χ3n) is 4.67. The molecule has 0 unspecified atom stereocenters. The SMILES string of the molecule is O=C(NCc1cccnc1)c1ccnc(N2CCC3(CC2)OCCO3)n1. The highest BCUT2D eigenvalue weighted by Gasteiger charge is 2.40. The molecule has 2 aliphatic heterocycles. The minimum Gasteiger partial charge on any atom is -0.347 e. The van der Waals surface area contributed by atoms with E-state index in [1.807, 2.05) is 12.1 Å². The number of pyridine rings is 1. The van der Waals surface area contributed by atoms with Gasteiger partial charge in [0.15, 0.2) is 5.79 Å². The fraction of sp³-hybridized carbons (Fsp3) is 0.444. The summed E-state index contributed by atoms with van der Waals surface area (Å²) in [4.78, 5) is 27.2. The monoisotopic (exact) mass is 355 g/mol. The number of hydrogen-bond acceptors (Lipinski definition) is 7. The lowest BCUT2D eigenvalue weighted by Crippen LogP contribution is -2.45. The van der Waals surface area contributed by atoms with Crippen molar-refractivity contribution in [2.24, 2.45) is 0 Å². The van der Waals surface area contributed by atoms with Crippen LogP contribution in [0.3, 0.4) is 0 Å². The van der Waals surface area contributed by atoms with Gasteiger partial charge in [-0.05, 0) is 17.7 Å². The molecule has 4 heterocycles. The smallest absolute Gasteiger partial charge is 0.270 e. The van der Waals surface area contributed by atoms with Gasteiger partial charge >= 0.3 is 0 Å². The molecule has 26 heavy (non-hydrogen) atoms. The number of rotatable bonds is 4. The first kappa shape index (κ1) is 16.9. The Morgan fingerprint density at radius 2 is 2.00 bits per heavy atom. The van der Waals surface area contributed by atoms with E-state index in [2.05, 4.69) is 25.2 Å². The summed E-state index contributed by atoms with van der Waals surface area (Å²) in [6.45, 7) is 3.20. The van der Waals surface area contributed by atoms with E-state index >= 15 is 0 Å². The topological polar surface area (TPSA) is 89.5 Å². The zero-order valence-electron chi connectivity index (χ0n) is 14.4. The van der Waals surface area contributed by atoms with Crippen LogP contribution in [0.5, 0.6) is 0 Å². The number of nitrogens with zero attached hydrogens (tertiary/aromatic N) is 4. The van der Waals surface area contributed by atoms with Crippen molar-refractivity contribution in [3.63, 3.8) is 0 Å². The number of hydrogen-bond donors (Lipinski definition) is 1. The summed E-state index contributed by atoms with van der Waals surface area (Å²) in [6, 6.07) is 5.37. The molecule has 0 saturated carbocycles. The van der Waals surface area contributed by atoms with E-state index in [0.717, 1.165) is 31.5 Å². The van der Waals surface area contributed by atoms with E-state index in [4.69, 9.17) is 9.47 Å². The van der Waals surface area contributed by atoms with Crippen molar-refractivity contribution in [1.29, 1.82) is 0 Å². The maximum Gasteiger partial charge on any atom is 0.270 e. The van der Waals surface area contributed by atoms with Crippen LogP contribution in [-0.4, -0.2) is 52.9 Å². The van der Waals surface area contributed by atoms with Crippen molar-refractivity contribution >= 4 is 11.9 Å². The molecule has 4 rings (SSSR count). The molecule has 2 aromatic heterocycles. The molecule has 0 aromatic carbocycles. The van der Waals surface area contributed by atoms with Crippen LogP contribution in [0.15, 0.2) is 36.8 Å². The van der Waals surface area contributed by atoms with Crippen LogP contribution < -0.4 is 10.2 Å². The molecule has 0 atom stereocenters. The van der Waals surface area contributed by atoms with Crippen molar-refractivity contribution in [3.05, 3.63) is 48.0 Å². The van der Waals surface area contributed by atoms with Gasteiger partial charge < -0.3 is 19.7 Å². The van der Waals surface area contributed by atoms with Crippen molar-refractivity contribution in [1.82, 2.24) is 20.3 Å². The van der Waals surface area contributed by atoms with E-state index in [1.54, 1.807) is 24.7 Å². The summed E-state index contributed by atoms with van der Waals surface area (Å²) in [5.41, 5.74) is 1.29. The van der Waals surface area contributed by atoms with Gasteiger partial charge in [-0.3, -0.25) is 9.78 Å². The molecule has 136 valence electrons. The van der Waals surface area contributed by atoms with Gasteiger partial charge in [0.05, 0.1) is 13.2 Å². The quantitative estimate of drug-likeness (QED) is 0.880. The molecular formula is C18H21N5O3. The summed E-state index contributed by atoms with van der Waals surface area (Å²) in [5, 5.41) is 2.86. The number of anilines is 1. The Labute approximate surface area is 151 Å². The molecule has 0 bridgehead atoms. The maximum atomic E-state index is 12.4. The third-order valence-corrected chi connectivity index (χ3v) is 4.67. The summed E-state index contributed by atoms with van der Waals surface area (Å²) < 4.78 is 11.5. The Kier molecular flexibility index (Phi) is 4.77. The van der Waals surface area contributed by atoms with Crippen molar-refractivity contribution < 1.29 is 14.3 Å². The molecule has 0 aliphatic carbocycles. The Balaban J connectivity index is 1.38. The Hall–Kier alpha value is -2.58. The molecule has 2 aromatic rings. The number of carbonyl (C=O) groups excluding carboxylic acids is 1. The average Bonchev–Trinajstić information content (AvgIpc) is 3.15. The van der Waals surface area contributed by atoms with E-state index in [-0.39, 0.29) is 5.91 Å². The van der Waals surface area contributed by atoms with Crippen LogP contribution in [0.2, 0.25) is 0 Å². The first-order valence-corrected chi connectivity index (χ1v) is 8.77. The summed E-state index contributed by atoms with van der Waals surface area (Å²) >= 11 is 0. The van der Waals surface area contributed by atoms with Gasteiger partial charge in [0.2, 0.25) is 5.95 Å². The zero-order valence-corrected chi connectivity index (χ0v) is 14.4. The molecular weight excluding hydrogens is 334 g/mol. The first-order valence-electron chi connectivity index (χ1n) is 8.77. The lowest BCUT2D eigenvalue weighted by molar-refractivity contribution is -0.169. The highest BCUT2D eigenvalue weighted by molar-refractivity contribution is 5.92. The van der Waals surface area contributed by atoms with Crippen molar-refractivity contribution in [3.8, 4) is 0 Å². The second-order valence-electron chi connectivity index (χ2n) is 6.38. The highest BCUT2D eigenvalue weighted by Crippen LogP contribution is 2.32. The van der Waals surface area contributed by atoms with Gasteiger partial charge in [-0.25, -0.2) is 9.97 Å². The van der Waals surface area contributed by atoms with Gasteiger partial charge in [-0.1, -0.05) is 6.07 Å². The van der Waals surface area contributed by atoms with E-state index in [9.17, 15) is 4.79 Å². The van der Waals surface area contributed by atoms with Crippen LogP contribution in [0.25, 0.3) is 0 Å². The molecule has 8 nitrogen and oxygen atoms in total. The largest absolute Gasteiger partial charge is 0.347 e. The number of amides is 1. The molecule has 1 N–H and O–H groups in total. The standard InChI is InChI=1S/C18H21N5O3/c24-16(21-13-14-2-1-6-19-12-14)15-3-7-20-17(22-15)23-8-4-18(5-9-23)25-10-11-26-18/h1-3,6-7,12H,4-5,8-11,13H2,(H,21,24). The Morgan fingerprint density at radius 1 is 1.19 bits per heavy atom. The van der Waals surface area contributed by atoms with E-state index in [1.165, 1.54) is 0 Å². The van der Waals surface area contributed by atoms with Crippen molar-refractivity contribution in [2.75, 3.05) is 31.2 Å². The van der Waals surface area contributed by atoms with Crippen LogP contribution in [-0.2, 0) is 16.0 Å². The number of ether oxygens (including phenoxy) is 2. The molecule has 2 saturated heterocycles. The van der Waals surface area contributed by atoms with Crippen LogP contribution >= 0.6 is 0 Å². The summed E-state index contributed by atoms with van der Waals surface area (Å²) in [7, 11) is 0. The third kappa shape index (κ3) is 3.66. The van der Waals surface area contributed by atoms with Gasteiger partial charge in [-0.15, -0.1) is 0 Å². The zero-order chi connectivity index (χ0) is 17.8. The Bertz CT molecular complexity index is 754. The lowest BCUT2D eigenvalue weighted by atomic mass is 10.0. The predicted octanol–water partition coefficient (Wildman–Crippen LogP) is 1.14. The second kappa shape index (κ2) is 7.35. The fourth-order valence-corrected chi connectivity index (χ4v) is 3.24. The molecule has 8 heteroatoms. The average molecular weight is 355 g/mol. The minimum atomic E-state index is -0.435. The maximum absolute atomic E-state index is 12.4. The van der Waals surface area contributed by atoms with Crippen LogP contribution in [0.1, 0.15) is 28.9 Å². The molecule has 0 radical (unpaired) electrons. The second-order valence-corrected chi connectivity index (χ2v) is 6.38. The first-order chi connectivity index (χ1) is 12.7. The van der Waals surface area contributed by atoms with Gasteiger partial charge in [0.25, 0.3) is 5.91 Å². The van der Waals surface area contributed by atoms with Crippen LogP contribution in [0.4, 0.5) is 5.95 Å². The molecule has 2 fully saturated rings. The lowest BCUT2D eigenvalue weighted by Gasteiger charge is -2.37. The molecule has 1 amide bonds. The van der Waals surface area contributed by atoms with Crippen molar-refractivity contribution in [2.45, 2.75) is 25.2 Å². The summed E-state index contributed by atoms with van der Waals surface area (Å²) in [6.07, 6.45) is 6.59. The number of nitrogens with one attached hydrogen (secondary N) is 1. The molecule has 1 spiro atoms. The summed E-state index contributed by atoms with van der Waals surface area (Å²) in [5.74, 6) is -0.102. The fourth-order valence-electron chi connectivity index (χ4n) is 3.24. The highest BCUT2D eigenvalue weighted by atomic mass is 16.7. The van der Waals surface area contributed by atoms with Gasteiger partial charge in [0, 0.05) is 51.1 Å². The number of aromatic nitrogens is 3. The molecule has 2 aliphatic rings. The Morgan fingerprint density at radius 3 is 2.73 bits per heavy atom. The minimum absolute atomic E-state index is 0.228. The van der Waals surface area contributed by atoms with Gasteiger partial charge in [0.1, 0.15) is 5.69 Å². The number of carbonyl (C=O) groups is 1. The van der Waals surface area contributed by atoms with Crippen LogP contribution in [0, 0.1) is 0 Å². The number of piperidine rings is 1.